The van der Waals surface area contributed by atoms with Crippen molar-refractivity contribution >= 4 is 28.4 Å². The fourth-order valence-corrected chi connectivity index (χ4v) is 5.27. The smallest absolute Gasteiger partial charge is 0.217 e. The van der Waals surface area contributed by atoms with Crippen molar-refractivity contribution in [3.8, 4) is 0 Å². The zero-order valence-corrected chi connectivity index (χ0v) is 18.0. The molecule has 1 saturated heterocycles. The number of aromatic amines is 1. The first kappa shape index (κ1) is 20.0. The first-order valence-corrected chi connectivity index (χ1v) is 11.4. The van der Waals surface area contributed by atoms with Gasteiger partial charge in [0.15, 0.2) is 0 Å². The topological polar surface area (TPSA) is 49.0 Å². The second-order valence-electron chi connectivity index (χ2n) is 8.72. The van der Waals surface area contributed by atoms with Gasteiger partial charge < -0.3 is 9.69 Å². The van der Waals surface area contributed by atoms with Crippen LogP contribution in [0.2, 0.25) is 0 Å². The van der Waals surface area contributed by atoms with Crippen LogP contribution in [0.25, 0.3) is 16.5 Å². The molecule has 5 heteroatoms. The van der Waals surface area contributed by atoms with Crippen molar-refractivity contribution in [3.05, 3.63) is 64.6 Å². The summed E-state index contributed by atoms with van der Waals surface area (Å²) >= 11 is 0. The average Bonchev–Trinajstić information content (AvgIpc) is 3.09. The number of carbonyl (C=O) groups excluding carboxylic acids is 1. The SMILES string of the molecule is CCC1=C(c2ccc(N3CCC(C=O)CC3)cc2)c2ccc3n[nH]c(F)c3c2CCC1. The van der Waals surface area contributed by atoms with Gasteiger partial charge in [-0.3, -0.25) is 5.10 Å². The Morgan fingerprint density at radius 3 is 2.61 bits per heavy atom. The normalized spacial score (nSPS) is 17.7. The van der Waals surface area contributed by atoms with Crippen LogP contribution in [0.3, 0.4) is 0 Å². The number of benzene rings is 2. The van der Waals surface area contributed by atoms with Crippen LogP contribution in [0.5, 0.6) is 0 Å². The Morgan fingerprint density at radius 1 is 1.13 bits per heavy atom. The zero-order valence-electron chi connectivity index (χ0n) is 18.0. The Kier molecular flexibility index (Phi) is 5.34. The summed E-state index contributed by atoms with van der Waals surface area (Å²) in [6.07, 6.45) is 6.85. The molecule has 1 aliphatic carbocycles. The molecule has 1 aromatic heterocycles. The number of aryl methyl sites for hydroxylation is 1. The van der Waals surface area contributed by atoms with Crippen molar-refractivity contribution in [2.24, 2.45) is 5.92 Å². The van der Waals surface area contributed by atoms with E-state index in [1.807, 2.05) is 6.07 Å². The van der Waals surface area contributed by atoms with Gasteiger partial charge in [0.2, 0.25) is 5.95 Å². The van der Waals surface area contributed by atoms with Crippen LogP contribution in [0.4, 0.5) is 10.1 Å². The van der Waals surface area contributed by atoms with Crippen molar-refractivity contribution < 1.29 is 9.18 Å². The zero-order chi connectivity index (χ0) is 21.4. The van der Waals surface area contributed by atoms with Crippen molar-refractivity contribution in [1.82, 2.24) is 10.2 Å². The molecule has 0 saturated carbocycles. The Labute approximate surface area is 182 Å². The number of nitrogens with zero attached hydrogens (tertiary/aromatic N) is 2. The molecule has 1 N–H and O–H groups in total. The van der Waals surface area contributed by atoms with Gasteiger partial charge in [0.05, 0.1) is 10.9 Å². The molecule has 2 heterocycles. The second-order valence-corrected chi connectivity index (χ2v) is 8.72. The number of aromatic nitrogens is 2. The molecule has 160 valence electrons. The highest BCUT2D eigenvalue weighted by atomic mass is 19.1. The van der Waals surface area contributed by atoms with Gasteiger partial charge in [-0.05, 0) is 79.0 Å². The summed E-state index contributed by atoms with van der Waals surface area (Å²) in [6, 6.07) is 12.8. The van der Waals surface area contributed by atoms with Crippen LogP contribution in [0, 0.1) is 11.9 Å². The molecule has 0 amide bonds. The van der Waals surface area contributed by atoms with Gasteiger partial charge in [-0.1, -0.05) is 30.7 Å². The van der Waals surface area contributed by atoms with Gasteiger partial charge >= 0.3 is 0 Å². The summed E-state index contributed by atoms with van der Waals surface area (Å²) in [5.41, 5.74) is 7.99. The molecule has 0 bridgehead atoms. The summed E-state index contributed by atoms with van der Waals surface area (Å²) in [7, 11) is 0. The van der Waals surface area contributed by atoms with E-state index in [0.29, 0.717) is 10.9 Å². The fourth-order valence-electron chi connectivity index (χ4n) is 5.27. The van der Waals surface area contributed by atoms with E-state index >= 15 is 0 Å². The summed E-state index contributed by atoms with van der Waals surface area (Å²) in [5.74, 6) is -0.129. The monoisotopic (exact) mass is 417 g/mol. The van der Waals surface area contributed by atoms with Gasteiger partial charge in [0, 0.05) is 24.7 Å². The Hall–Kier alpha value is -2.95. The lowest BCUT2D eigenvalue weighted by Gasteiger charge is -2.31. The van der Waals surface area contributed by atoms with E-state index in [4.69, 9.17) is 0 Å². The van der Waals surface area contributed by atoms with Crippen LogP contribution < -0.4 is 4.90 Å². The van der Waals surface area contributed by atoms with E-state index in [-0.39, 0.29) is 11.9 Å². The van der Waals surface area contributed by atoms with Gasteiger partial charge in [-0.15, -0.1) is 0 Å². The lowest BCUT2D eigenvalue weighted by Crippen LogP contribution is -2.34. The van der Waals surface area contributed by atoms with Crippen molar-refractivity contribution in [1.29, 1.82) is 0 Å². The third-order valence-corrected chi connectivity index (χ3v) is 6.99. The number of allylic oxidation sites excluding steroid dienone is 1. The number of hydrogen-bond donors (Lipinski definition) is 1. The minimum atomic E-state index is -0.333. The van der Waals surface area contributed by atoms with Crippen LogP contribution in [-0.2, 0) is 11.2 Å². The van der Waals surface area contributed by atoms with Crippen molar-refractivity contribution in [3.63, 3.8) is 0 Å². The number of piperidine rings is 1. The molecule has 0 spiro atoms. The van der Waals surface area contributed by atoms with Crippen molar-refractivity contribution in [2.45, 2.75) is 45.4 Å². The van der Waals surface area contributed by atoms with E-state index in [1.165, 1.54) is 22.4 Å². The maximum Gasteiger partial charge on any atom is 0.217 e. The Morgan fingerprint density at radius 2 is 1.90 bits per heavy atom. The molecule has 2 aliphatic rings. The van der Waals surface area contributed by atoms with E-state index in [0.717, 1.165) is 69.0 Å². The lowest BCUT2D eigenvalue weighted by molar-refractivity contribution is -0.111. The molecule has 2 aromatic carbocycles. The average molecular weight is 418 g/mol. The first-order valence-electron chi connectivity index (χ1n) is 11.4. The lowest BCUT2D eigenvalue weighted by atomic mass is 9.88. The number of fused-ring (bicyclic) bond motifs is 3. The summed E-state index contributed by atoms with van der Waals surface area (Å²) < 4.78 is 14.5. The molecular formula is C26H28FN3O. The molecule has 1 fully saturated rings. The predicted molar refractivity (Wildman–Crippen MR) is 123 cm³/mol. The van der Waals surface area contributed by atoms with E-state index in [2.05, 4.69) is 52.4 Å². The maximum atomic E-state index is 14.5. The Balaban J connectivity index is 1.54. The third-order valence-electron chi connectivity index (χ3n) is 6.99. The van der Waals surface area contributed by atoms with E-state index < -0.39 is 0 Å². The number of aldehydes is 1. The number of carbonyl (C=O) groups is 1. The number of anilines is 1. The van der Waals surface area contributed by atoms with E-state index in [9.17, 15) is 9.18 Å². The maximum absolute atomic E-state index is 14.5. The third kappa shape index (κ3) is 3.56. The van der Waals surface area contributed by atoms with Gasteiger partial charge in [-0.25, -0.2) is 0 Å². The summed E-state index contributed by atoms with van der Waals surface area (Å²) in [6.45, 7) is 4.06. The van der Waals surface area contributed by atoms with Crippen molar-refractivity contribution in [2.75, 3.05) is 18.0 Å². The standard InChI is InChI=1S/C26H28FN3O/c1-2-18-4-3-5-21-22(10-11-23-25(21)26(27)29-28-23)24(18)19-6-8-20(9-7-19)30-14-12-17(16-31)13-15-30/h6-11,16-17H,2-5,12-15H2,1H3,(H,28,29). The van der Waals surface area contributed by atoms with Gasteiger partial charge in [0.25, 0.3) is 0 Å². The quantitative estimate of drug-likeness (QED) is 0.557. The molecule has 31 heavy (non-hydrogen) atoms. The second kappa shape index (κ2) is 8.29. The summed E-state index contributed by atoms with van der Waals surface area (Å²) in [4.78, 5) is 13.4. The van der Waals surface area contributed by atoms with Crippen LogP contribution in [0.15, 0.2) is 42.0 Å². The van der Waals surface area contributed by atoms with Crippen LogP contribution in [-0.4, -0.2) is 29.6 Å². The number of halogens is 1. The highest BCUT2D eigenvalue weighted by Gasteiger charge is 2.23. The number of nitrogens with one attached hydrogen (secondary N) is 1. The number of hydrogen-bond acceptors (Lipinski definition) is 3. The molecule has 3 aromatic rings. The van der Waals surface area contributed by atoms with E-state index in [1.54, 1.807) is 0 Å². The minimum absolute atomic E-state index is 0.204. The predicted octanol–water partition coefficient (Wildman–Crippen LogP) is 5.67. The molecule has 0 atom stereocenters. The molecule has 0 unspecified atom stereocenters. The summed E-state index contributed by atoms with van der Waals surface area (Å²) in [5, 5.41) is 7.28. The number of rotatable bonds is 4. The highest BCUT2D eigenvalue weighted by molar-refractivity contribution is 5.93. The molecule has 0 radical (unpaired) electrons. The molecule has 1 aliphatic heterocycles. The van der Waals surface area contributed by atoms with Crippen LogP contribution >= 0.6 is 0 Å². The van der Waals surface area contributed by atoms with Gasteiger partial charge in [0.1, 0.15) is 6.29 Å². The molecule has 5 rings (SSSR count). The first-order chi connectivity index (χ1) is 15.2. The minimum Gasteiger partial charge on any atom is -0.371 e. The fraction of sp³-hybridized carbons (Fsp3) is 0.385. The number of H-pyrrole nitrogens is 1. The highest BCUT2D eigenvalue weighted by Crippen LogP contribution is 2.40. The molecular weight excluding hydrogens is 389 g/mol. The largest absolute Gasteiger partial charge is 0.371 e. The van der Waals surface area contributed by atoms with Gasteiger partial charge in [-0.2, -0.15) is 9.49 Å². The molecule has 4 nitrogen and oxygen atoms in total. The van der Waals surface area contributed by atoms with Crippen LogP contribution in [0.1, 0.15) is 55.7 Å². The Bertz CT molecular complexity index is 1140.